The van der Waals surface area contributed by atoms with E-state index in [-0.39, 0.29) is 9.93 Å². The summed E-state index contributed by atoms with van der Waals surface area (Å²) in [6.07, 6.45) is 0. The Bertz CT molecular complexity index is 779. The highest BCUT2D eigenvalue weighted by Crippen LogP contribution is 2.33. The van der Waals surface area contributed by atoms with E-state index in [0.717, 1.165) is 29.8 Å². The second-order valence-corrected chi connectivity index (χ2v) is 7.28. The van der Waals surface area contributed by atoms with Crippen LogP contribution in [0.4, 0.5) is 4.39 Å². The van der Waals surface area contributed by atoms with E-state index in [1.54, 1.807) is 24.3 Å². The fraction of sp³-hybridized carbons (Fsp3) is 0.0667. The van der Waals surface area contributed by atoms with Crippen molar-refractivity contribution >= 4 is 38.1 Å². The molecule has 6 heteroatoms. The third-order valence-corrected chi connectivity index (χ3v) is 5.82. The predicted octanol–water partition coefficient (Wildman–Crippen LogP) is 4.71. The van der Waals surface area contributed by atoms with E-state index in [9.17, 15) is 12.8 Å². The van der Waals surface area contributed by atoms with Gasteiger partial charge in [-0.15, -0.1) is 0 Å². The quantitative estimate of drug-likeness (QED) is 0.755. The van der Waals surface area contributed by atoms with Gasteiger partial charge in [-0.2, -0.15) is 0 Å². The normalized spacial score (nSPS) is 13.0. The molecular formula is C15H11Cl2FO2S. The molecule has 0 aliphatic carbocycles. The van der Waals surface area contributed by atoms with Crippen LogP contribution in [0.2, 0.25) is 0 Å². The van der Waals surface area contributed by atoms with Crippen molar-refractivity contribution in [1.29, 1.82) is 0 Å². The third-order valence-electron chi connectivity index (χ3n) is 2.84. The smallest absolute Gasteiger partial charge is 0.218 e. The summed E-state index contributed by atoms with van der Waals surface area (Å²) in [7, 11) is -3.97. The molecule has 0 aliphatic heterocycles. The molecule has 0 saturated carbocycles. The van der Waals surface area contributed by atoms with Crippen LogP contribution in [0.15, 0.2) is 57.8 Å². The molecule has 0 heterocycles. The Morgan fingerprint density at radius 1 is 0.952 bits per heavy atom. The van der Waals surface area contributed by atoms with Crippen LogP contribution >= 0.6 is 23.2 Å². The highest BCUT2D eigenvalue weighted by Gasteiger charge is 2.23. The number of hydrogen-bond donors (Lipinski definition) is 0. The first-order chi connectivity index (χ1) is 9.82. The first-order valence-corrected chi connectivity index (χ1v) is 8.19. The van der Waals surface area contributed by atoms with Gasteiger partial charge in [0, 0.05) is 0 Å². The van der Waals surface area contributed by atoms with Gasteiger partial charge in [-0.25, -0.2) is 12.8 Å². The minimum Gasteiger partial charge on any atom is -0.218 e. The molecule has 0 fully saturated rings. The van der Waals surface area contributed by atoms with Crippen molar-refractivity contribution in [1.82, 2.24) is 0 Å². The van der Waals surface area contributed by atoms with E-state index in [1.807, 2.05) is 6.92 Å². The summed E-state index contributed by atoms with van der Waals surface area (Å²) in [6, 6.07) is 11.4. The van der Waals surface area contributed by atoms with E-state index < -0.39 is 20.0 Å². The molecule has 2 aromatic rings. The molecule has 0 aliphatic rings. The minimum absolute atomic E-state index is 0.0685. The molecule has 2 rings (SSSR count). The van der Waals surface area contributed by atoms with Gasteiger partial charge in [0.2, 0.25) is 9.84 Å². The monoisotopic (exact) mass is 344 g/mol. The lowest BCUT2D eigenvalue weighted by Gasteiger charge is -2.07. The molecule has 0 saturated heterocycles. The largest absolute Gasteiger partial charge is 0.218 e. The average Bonchev–Trinajstić information content (AvgIpc) is 2.47. The van der Waals surface area contributed by atoms with Crippen molar-refractivity contribution in [3.05, 3.63) is 69.8 Å². The van der Waals surface area contributed by atoms with Gasteiger partial charge in [-0.1, -0.05) is 53.0 Å². The van der Waals surface area contributed by atoms with Gasteiger partial charge >= 0.3 is 0 Å². The molecule has 0 bridgehead atoms. The van der Waals surface area contributed by atoms with Gasteiger partial charge < -0.3 is 0 Å². The molecule has 2 nitrogen and oxygen atoms in total. The lowest BCUT2D eigenvalue weighted by Crippen LogP contribution is -2.02. The Morgan fingerprint density at radius 3 is 2.00 bits per heavy atom. The highest BCUT2D eigenvalue weighted by atomic mass is 35.5. The van der Waals surface area contributed by atoms with Crippen LogP contribution in [0.3, 0.4) is 0 Å². The Labute approximate surface area is 132 Å². The van der Waals surface area contributed by atoms with Gasteiger partial charge in [-0.05, 0) is 36.8 Å². The van der Waals surface area contributed by atoms with Crippen molar-refractivity contribution in [2.24, 2.45) is 0 Å². The van der Waals surface area contributed by atoms with Crippen LogP contribution in [0.1, 0.15) is 11.1 Å². The van der Waals surface area contributed by atoms with Gasteiger partial charge in [0.25, 0.3) is 0 Å². The molecular weight excluding hydrogens is 334 g/mol. The first-order valence-electron chi connectivity index (χ1n) is 5.95. The lowest BCUT2D eigenvalue weighted by molar-refractivity contribution is 0.602. The number of aryl methyl sites for hydroxylation is 1. The molecule has 0 unspecified atom stereocenters. The zero-order valence-corrected chi connectivity index (χ0v) is 13.3. The van der Waals surface area contributed by atoms with E-state index in [0.29, 0.717) is 5.56 Å². The SMILES string of the molecule is Cc1ccc(/C(Cl)=C(/Cl)S(=O)(=O)c2ccc(F)cc2)cc1. The lowest BCUT2D eigenvalue weighted by atomic mass is 10.1. The Balaban J connectivity index is 2.50. The summed E-state index contributed by atoms with van der Waals surface area (Å²) in [4.78, 5) is -0.112. The number of benzene rings is 2. The van der Waals surface area contributed by atoms with Crippen molar-refractivity contribution in [3.8, 4) is 0 Å². The van der Waals surface area contributed by atoms with E-state index in [1.165, 1.54) is 0 Å². The summed E-state index contributed by atoms with van der Waals surface area (Å²) < 4.78 is 37.0. The number of sulfone groups is 1. The Hall–Kier alpha value is -1.36. The second kappa shape index (κ2) is 6.18. The Morgan fingerprint density at radius 2 is 1.48 bits per heavy atom. The maximum Gasteiger partial charge on any atom is 0.218 e. The van der Waals surface area contributed by atoms with Gasteiger partial charge in [-0.3, -0.25) is 0 Å². The molecule has 0 radical (unpaired) electrons. The number of halogens is 3. The van der Waals surface area contributed by atoms with E-state index in [2.05, 4.69) is 0 Å². The number of rotatable bonds is 3. The molecule has 0 amide bonds. The average molecular weight is 345 g/mol. The molecule has 0 N–H and O–H groups in total. The van der Waals surface area contributed by atoms with Crippen LogP contribution < -0.4 is 0 Å². The van der Waals surface area contributed by atoms with Crippen molar-refractivity contribution in [2.45, 2.75) is 11.8 Å². The van der Waals surface area contributed by atoms with Crippen molar-refractivity contribution in [2.75, 3.05) is 0 Å². The van der Waals surface area contributed by atoms with Crippen LogP contribution in [0, 0.1) is 12.7 Å². The maximum atomic E-state index is 12.9. The summed E-state index contributed by atoms with van der Waals surface area (Å²) >= 11 is 12.0. The summed E-state index contributed by atoms with van der Waals surface area (Å²) in [6.45, 7) is 1.90. The van der Waals surface area contributed by atoms with E-state index in [4.69, 9.17) is 23.2 Å². The van der Waals surface area contributed by atoms with Crippen molar-refractivity contribution < 1.29 is 12.8 Å². The third kappa shape index (κ3) is 3.46. The van der Waals surface area contributed by atoms with Crippen LogP contribution in [-0.2, 0) is 9.84 Å². The maximum absolute atomic E-state index is 12.9. The molecule has 110 valence electrons. The van der Waals surface area contributed by atoms with E-state index >= 15 is 0 Å². The van der Waals surface area contributed by atoms with Crippen molar-refractivity contribution in [3.63, 3.8) is 0 Å². The zero-order valence-electron chi connectivity index (χ0n) is 11.0. The van der Waals surface area contributed by atoms with Crippen LogP contribution in [-0.4, -0.2) is 8.42 Å². The molecule has 21 heavy (non-hydrogen) atoms. The fourth-order valence-corrected chi connectivity index (χ4v) is 3.51. The molecule has 0 spiro atoms. The first kappa shape index (κ1) is 16.0. The molecule has 2 aromatic carbocycles. The highest BCUT2D eigenvalue weighted by molar-refractivity contribution is 7.97. The zero-order chi connectivity index (χ0) is 15.6. The summed E-state index contributed by atoms with van der Waals surface area (Å²) in [5.41, 5.74) is 1.51. The summed E-state index contributed by atoms with van der Waals surface area (Å²) in [5.74, 6) is -0.529. The predicted molar refractivity (Wildman–Crippen MR) is 83.4 cm³/mol. The molecule has 0 aromatic heterocycles. The van der Waals surface area contributed by atoms with Crippen LogP contribution in [0.5, 0.6) is 0 Å². The van der Waals surface area contributed by atoms with Gasteiger partial charge in [0.1, 0.15) is 5.82 Å². The van der Waals surface area contributed by atoms with Crippen LogP contribution in [0.25, 0.3) is 5.03 Å². The topological polar surface area (TPSA) is 34.1 Å². The summed E-state index contributed by atoms with van der Waals surface area (Å²) in [5, 5.41) is -0.0685. The van der Waals surface area contributed by atoms with Gasteiger partial charge in [0.05, 0.1) is 9.93 Å². The minimum atomic E-state index is -3.97. The molecule has 0 atom stereocenters. The second-order valence-electron chi connectivity index (χ2n) is 4.41. The van der Waals surface area contributed by atoms with Gasteiger partial charge in [0.15, 0.2) is 4.36 Å². The number of hydrogen-bond acceptors (Lipinski definition) is 2. The Kier molecular flexibility index (Phi) is 4.71. The fourth-order valence-electron chi connectivity index (χ4n) is 1.65. The standard InChI is InChI=1S/C15H11Cl2FO2S/c1-10-2-4-11(5-3-10)14(16)15(17)21(19,20)13-8-6-12(18)7-9-13/h2-9H,1H3/b15-14+.